The van der Waals surface area contributed by atoms with E-state index in [-0.39, 0.29) is 12.1 Å². The first-order valence-electron chi connectivity index (χ1n) is 11.6. The van der Waals surface area contributed by atoms with Crippen LogP contribution in [0.4, 0.5) is 10.5 Å². The van der Waals surface area contributed by atoms with Gasteiger partial charge in [0.25, 0.3) is 0 Å². The van der Waals surface area contributed by atoms with Gasteiger partial charge in [0, 0.05) is 31.4 Å². The van der Waals surface area contributed by atoms with Crippen LogP contribution in [0, 0.1) is 6.92 Å². The van der Waals surface area contributed by atoms with Crippen LogP contribution < -0.4 is 5.32 Å². The number of benzene rings is 2. The first-order valence-corrected chi connectivity index (χ1v) is 11.6. The van der Waals surface area contributed by atoms with Gasteiger partial charge in [-0.2, -0.15) is 0 Å². The fourth-order valence-corrected chi connectivity index (χ4v) is 4.35. The Morgan fingerprint density at radius 2 is 1.72 bits per heavy atom. The largest absolute Gasteiger partial charge is 0.464 e. The Morgan fingerprint density at radius 3 is 2.34 bits per heavy atom. The number of hydrogen-bond acceptors (Lipinski definition) is 3. The highest BCUT2D eigenvalue weighted by molar-refractivity contribution is 5.89. The molecule has 1 aliphatic rings. The number of carbonyl (C=O) groups excluding carboxylic acids is 1. The third-order valence-corrected chi connectivity index (χ3v) is 6.24. The van der Waals surface area contributed by atoms with Crippen molar-refractivity contribution in [1.29, 1.82) is 0 Å². The van der Waals surface area contributed by atoms with E-state index in [4.69, 9.17) is 4.42 Å². The molecule has 0 aliphatic carbocycles. The number of nitrogens with zero attached hydrogens (tertiary/aromatic N) is 2. The van der Waals surface area contributed by atoms with Gasteiger partial charge >= 0.3 is 6.03 Å². The Labute approximate surface area is 191 Å². The number of piperidine rings is 1. The summed E-state index contributed by atoms with van der Waals surface area (Å²) in [5.41, 5.74) is 3.42. The van der Waals surface area contributed by atoms with Crippen LogP contribution in [0.1, 0.15) is 42.4 Å². The van der Waals surface area contributed by atoms with E-state index in [0.717, 1.165) is 56.1 Å². The standard InChI is InChI=1S/C27H33N3O2/c1-3-22-10-12-24(13-11-22)28-27(31)30(20-26-14-9-21(2)32-26)25-15-17-29(18-16-25)19-23-7-5-4-6-8-23/h4-14,25H,3,15-20H2,1-2H3,(H,28,31). The predicted molar refractivity (Wildman–Crippen MR) is 129 cm³/mol. The highest BCUT2D eigenvalue weighted by atomic mass is 16.3. The van der Waals surface area contributed by atoms with Crippen molar-refractivity contribution in [3.8, 4) is 0 Å². The molecule has 1 aliphatic heterocycles. The van der Waals surface area contributed by atoms with Gasteiger partial charge in [-0.25, -0.2) is 4.79 Å². The van der Waals surface area contributed by atoms with Crippen LogP contribution in [0.25, 0.3) is 0 Å². The topological polar surface area (TPSA) is 48.7 Å². The molecule has 0 spiro atoms. The summed E-state index contributed by atoms with van der Waals surface area (Å²) in [6, 6.07) is 22.7. The number of carbonyl (C=O) groups is 1. The molecule has 0 saturated carbocycles. The maximum Gasteiger partial charge on any atom is 0.322 e. The zero-order valence-electron chi connectivity index (χ0n) is 19.1. The molecule has 2 aromatic carbocycles. The molecule has 1 N–H and O–H groups in total. The molecule has 1 fully saturated rings. The number of furan rings is 1. The Bertz CT molecular complexity index is 989. The lowest BCUT2D eigenvalue weighted by atomic mass is 10.0. The zero-order chi connectivity index (χ0) is 22.3. The van der Waals surface area contributed by atoms with Crippen LogP contribution in [-0.2, 0) is 19.5 Å². The van der Waals surface area contributed by atoms with Crippen molar-refractivity contribution in [2.24, 2.45) is 0 Å². The minimum atomic E-state index is -0.0650. The van der Waals surface area contributed by atoms with Crippen LogP contribution in [0.2, 0.25) is 0 Å². The summed E-state index contributed by atoms with van der Waals surface area (Å²) in [6.45, 7) is 7.46. The van der Waals surface area contributed by atoms with E-state index in [1.54, 1.807) is 0 Å². The van der Waals surface area contributed by atoms with Gasteiger partial charge in [0.2, 0.25) is 0 Å². The highest BCUT2D eigenvalue weighted by Crippen LogP contribution is 2.23. The fraction of sp³-hybridized carbons (Fsp3) is 0.370. The minimum Gasteiger partial charge on any atom is -0.464 e. The minimum absolute atomic E-state index is 0.0650. The first kappa shape index (κ1) is 22.2. The molecule has 0 unspecified atom stereocenters. The van der Waals surface area contributed by atoms with Crippen LogP contribution in [0.3, 0.4) is 0 Å². The number of hydrogen-bond donors (Lipinski definition) is 1. The van der Waals surface area contributed by atoms with Crippen molar-refractivity contribution < 1.29 is 9.21 Å². The van der Waals surface area contributed by atoms with Crippen molar-refractivity contribution in [3.05, 3.63) is 89.4 Å². The summed E-state index contributed by atoms with van der Waals surface area (Å²) in [6.07, 6.45) is 2.89. The maximum atomic E-state index is 13.3. The fourth-order valence-electron chi connectivity index (χ4n) is 4.35. The second-order valence-corrected chi connectivity index (χ2v) is 8.61. The smallest absolute Gasteiger partial charge is 0.322 e. The molecular weight excluding hydrogens is 398 g/mol. The van der Waals surface area contributed by atoms with Crippen molar-refractivity contribution in [2.75, 3.05) is 18.4 Å². The number of amides is 2. The Kier molecular flexibility index (Phi) is 7.28. The first-order chi connectivity index (χ1) is 15.6. The van der Waals surface area contributed by atoms with Crippen molar-refractivity contribution in [1.82, 2.24) is 9.80 Å². The van der Waals surface area contributed by atoms with Gasteiger partial charge in [0.05, 0.1) is 6.54 Å². The second kappa shape index (κ2) is 10.5. The van der Waals surface area contributed by atoms with E-state index >= 15 is 0 Å². The number of aryl methyl sites for hydroxylation is 2. The van der Waals surface area contributed by atoms with E-state index in [1.165, 1.54) is 11.1 Å². The number of nitrogens with one attached hydrogen (secondary N) is 1. The summed E-state index contributed by atoms with van der Waals surface area (Å²) in [5.74, 6) is 1.69. The van der Waals surface area contributed by atoms with E-state index in [9.17, 15) is 4.79 Å². The van der Waals surface area contributed by atoms with Crippen molar-refractivity contribution >= 4 is 11.7 Å². The molecule has 0 atom stereocenters. The van der Waals surface area contributed by atoms with Crippen LogP contribution in [0.5, 0.6) is 0 Å². The third-order valence-electron chi connectivity index (χ3n) is 6.24. The molecular formula is C27H33N3O2. The molecule has 1 saturated heterocycles. The van der Waals surface area contributed by atoms with Crippen LogP contribution >= 0.6 is 0 Å². The Morgan fingerprint density at radius 1 is 1.00 bits per heavy atom. The predicted octanol–water partition coefficient (Wildman–Crippen LogP) is 5.85. The summed E-state index contributed by atoms with van der Waals surface area (Å²) < 4.78 is 5.80. The Hall–Kier alpha value is -3.05. The average Bonchev–Trinajstić information content (AvgIpc) is 3.24. The molecule has 2 heterocycles. The molecule has 2 amide bonds. The quantitative estimate of drug-likeness (QED) is 0.510. The van der Waals surface area contributed by atoms with Crippen molar-refractivity contribution in [2.45, 2.75) is 52.2 Å². The van der Waals surface area contributed by atoms with Crippen LogP contribution in [0.15, 0.2) is 71.1 Å². The average molecular weight is 432 g/mol. The summed E-state index contributed by atoms with van der Waals surface area (Å²) in [7, 11) is 0. The number of anilines is 1. The Balaban J connectivity index is 1.42. The lowest BCUT2D eigenvalue weighted by Crippen LogP contribution is -2.48. The number of rotatable bonds is 7. The molecule has 5 nitrogen and oxygen atoms in total. The zero-order valence-corrected chi connectivity index (χ0v) is 19.1. The summed E-state index contributed by atoms with van der Waals surface area (Å²) >= 11 is 0. The molecule has 32 heavy (non-hydrogen) atoms. The second-order valence-electron chi connectivity index (χ2n) is 8.61. The lowest BCUT2D eigenvalue weighted by Gasteiger charge is -2.38. The van der Waals surface area contributed by atoms with E-state index in [2.05, 4.69) is 59.6 Å². The lowest BCUT2D eigenvalue weighted by molar-refractivity contribution is 0.115. The molecule has 168 valence electrons. The maximum absolute atomic E-state index is 13.3. The molecule has 5 heteroatoms. The third kappa shape index (κ3) is 5.80. The SMILES string of the molecule is CCc1ccc(NC(=O)N(Cc2ccc(C)o2)C2CCN(Cc3ccccc3)CC2)cc1. The monoisotopic (exact) mass is 431 g/mol. The van der Waals surface area contributed by atoms with Gasteiger partial charge in [0.15, 0.2) is 0 Å². The van der Waals surface area contributed by atoms with Gasteiger partial charge in [-0.15, -0.1) is 0 Å². The number of urea groups is 1. The molecule has 1 aromatic heterocycles. The molecule has 3 aromatic rings. The molecule has 4 rings (SSSR count). The summed E-state index contributed by atoms with van der Waals surface area (Å²) in [4.78, 5) is 17.7. The van der Waals surface area contributed by atoms with Gasteiger partial charge in [0.1, 0.15) is 11.5 Å². The van der Waals surface area contributed by atoms with E-state index in [0.29, 0.717) is 6.54 Å². The summed E-state index contributed by atoms with van der Waals surface area (Å²) in [5, 5.41) is 3.10. The van der Waals surface area contributed by atoms with Gasteiger partial charge in [-0.05, 0) is 61.6 Å². The van der Waals surface area contributed by atoms with Crippen LogP contribution in [-0.4, -0.2) is 35.0 Å². The van der Waals surface area contributed by atoms with E-state index < -0.39 is 0 Å². The molecule has 0 radical (unpaired) electrons. The van der Waals surface area contributed by atoms with Crippen molar-refractivity contribution in [3.63, 3.8) is 0 Å². The normalized spacial score (nSPS) is 14.9. The van der Waals surface area contributed by atoms with Gasteiger partial charge < -0.3 is 14.6 Å². The van der Waals surface area contributed by atoms with Gasteiger partial charge in [-0.1, -0.05) is 49.4 Å². The number of likely N-dealkylation sites (tertiary alicyclic amines) is 1. The van der Waals surface area contributed by atoms with E-state index in [1.807, 2.05) is 36.1 Å². The molecule has 0 bridgehead atoms. The highest BCUT2D eigenvalue weighted by Gasteiger charge is 2.29. The van der Waals surface area contributed by atoms with Gasteiger partial charge in [-0.3, -0.25) is 4.90 Å².